The molecule has 0 spiro atoms. The molecule has 0 unspecified atom stereocenters. The number of nitrogens with zero attached hydrogens (tertiary/aromatic N) is 2. The van der Waals surface area contributed by atoms with Crippen LogP contribution in [0.1, 0.15) is 0 Å². The van der Waals surface area contributed by atoms with Crippen molar-refractivity contribution in [2.24, 2.45) is 0 Å². The molecular formula is C22H14N2O2. The Hall–Kier alpha value is -3.66. The normalized spacial score (nSPS) is 11.2. The van der Waals surface area contributed by atoms with Crippen molar-refractivity contribution in [2.45, 2.75) is 0 Å². The van der Waals surface area contributed by atoms with E-state index in [9.17, 15) is 4.79 Å². The summed E-state index contributed by atoms with van der Waals surface area (Å²) in [4.78, 5) is 17.9. The van der Waals surface area contributed by atoms with Gasteiger partial charge in [-0.2, -0.15) is 0 Å². The van der Waals surface area contributed by atoms with Crippen LogP contribution >= 0.6 is 0 Å². The van der Waals surface area contributed by atoms with Gasteiger partial charge in [0.25, 0.3) is 5.56 Å². The van der Waals surface area contributed by atoms with Crippen LogP contribution in [0.5, 0.6) is 0 Å². The molecule has 0 aliphatic carbocycles. The predicted octanol–water partition coefficient (Wildman–Crippen LogP) is 4.80. The van der Waals surface area contributed by atoms with Gasteiger partial charge in [-0.3, -0.25) is 4.79 Å². The van der Waals surface area contributed by atoms with Gasteiger partial charge in [0.05, 0.1) is 5.69 Å². The number of aromatic nitrogens is 2. The molecule has 0 amide bonds. The molecule has 0 saturated carbocycles. The lowest BCUT2D eigenvalue weighted by Gasteiger charge is -2.08. The van der Waals surface area contributed by atoms with Crippen molar-refractivity contribution in [1.82, 2.24) is 9.55 Å². The maximum Gasteiger partial charge on any atom is 0.265 e. The Morgan fingerprint density at radius 3 is 2.08 bits per heavy atom. The van der Waals surface area contributed by atoms with E-state index in [4.69, 9.17) is 9.40 Å². The lowest BCUT2D eigenvalue weighted by atomic mass is 10.1. The fourth-order valence-corrected chi connectivity index (χ4v) is 3.24. The molecule has 5 rings (SSSR count). The lowest BCUT2D eigenvalue weighted by molar-refractivity contribution is 0.595. The van der Waals surface area contributed by atoms with Crippen molar-refractivity contribution >= 4 is 22.0 Å². The Morgan fingerprint density at radius 1 is 0.731 bits per heavy atom. The van der Waals surface area contributed by atoms with Gasteiger partial charge in [-0.25, -0.2) is 9.55 Å². The Labute approximate surface area is 149 Å². The topological polar surface area (TPSA) is 48.0 Å². The number of hydrogen-bond donors (Lipinski definition) is 0. The standard InChI is InChI=1S/C22H14N2O2/c25-21-18-14-8-7-13-17(18)19-22(24(21)16-11-5-2-6-12-16)26-20(23-19)15-9-3-1-4-10-15/h1-14H. The molecule has 0 N–H and O–H groups in total. The second kappa shape index (κ2) is 5.70. The summed E-state index contributed by atoms with van der Waals surface area (Å²) in [5.41, 5.74) is 2.65. The van der Waals surface area contributed by atoms with Gasteiger partial charge in [-0.1, -0.05) is 54.6 Å². The first-order valence-electron chi connectivity index (χ1n) is 8.38. The van der Waals surface area contributed by atoms with Crippen LogP contribution in [0.3, 0.4) is 0 Å². The molecule has 0 radical (unpaired) electrons. The molecule has 0 fully saturated rings. The highest BCUT2D eigenvalue weighted by molar-refractivity contribution is 6.02. The monoisotopic (exact) mass is 338 g/mol. The van der Waals surface area contributed by atoms with Crippen molar-refractivity contribution in [1.29, 1.82) is 0 Å². The minimum Gasteiger partial charge on any atom is -0.419 e. The van der Waals surface area contributed by atoms with E-state index in [1.807, 2.05) is 84.9 Å². The Kier molecular flexibility index (Phi) is 3.22. The highest BCUT2D eigenvalue weighted by Gasteiger charge is 2.18. The number of fused-ring (bicyclic) bond motifs is 3. The van der Waals surface area contributed by atoms with Gasteiger partial charge in [0.1, 0.15) is 5.52 Å². The van der Waals surface area contributed by atoms with Gasteiger partial charge < -0.3 is 4.42 Å². The first-order chi connectivity index (χ1) is 12.8. The summed E-state index contributed by atoms with van der Waals surface area (Å²) in [6.45, 7) is 0. The zero-order valence-corrected chi connectivity index (χ0v) is 13.8. The zero-order chi connectivity index (χ0) is 17.5. The van der Waals surface area contributed by atoms with Crippen LogP contribution in [0.2, 0.25) is 0 Å². The van der Waals surface area contributed by atoms with Crippen LogP contribution in [0.25, 0.3) is 39.1 Å². The minimum atomic E-state index is -0.116. The van der Waals surface area contributed by atoms with Gasteiger partial charge in [0.2, 0.25) is 11.6 Å². The molecule has 2 aromatic heterocycles. The molecule has 4 heteroatoms. The zero-order valence-electron chi connectivity index (χ0n) is 13.8. The van der Waals surface area contributed by atoms with Crippen molar-refractivity contribution in [2.75, 3.05) is 0 Å². The van der Waals surface area contributed by atoms with Crippen molar-refractivity contribution in [3.63, 3.8) is 0 Å². The van der Waals surface area contributed by atoms with E-state index in [1.165, 1.54) is 0 Å². The number of benzene rings is 3. The maximum absolute atomic E-state index is 13.2. The van der Waals surface area contributed by atoms with E-state index < -0.39 is 0 Å². The second-order valence-corrected chi connectivity index (χ2v) is 6.06. The van der Waals surface area contributed by atoms with Gasteiger partial charge in [-0.15, -0.1) is 0 Å². The molecule has 0 aliphatic rings. The molecule has 5 aromatic rings. The van der Waals surface area contributed by atoms with Crippen molar-refractivity contribution in [3.05, 3.63) is 95.3 Å². The van der Waals surface area contributed by atoms with E-state index in [0.29, 0.717) is 22.5 Å². The SMILES string of the molecule is O=c1c2ccccc2c2nc(-c3ccccc3)oc2n1-c1ccccc1. The van der Waals surface area contributed by atoms with Crippen LogP contribution in [0.4, 0.5) is 0 Å². The smallest absolute Gasteiger partial charge is 0.265 e. The molecule has 2 heterocycles. The van der Waals surface area contributed by atoms with Crippen LogP contribution in [0.15, 0.2) is 94.1 Å². The number of rotatable bonds is 2. The lowest BCUT2D eigenvalue weighted by Crippen LogP contribution is -2.18. The number of para-hydroxylation sites is 1. The highest BCUT2D eigenvalue weighted by atomic mass is 16.4. The van der Waals surface area contributed by atoms with Crippen LogP contribution < -0.4 is 5.56 Å². The summed E-state index contributed by atoms with van der Waals surface area (Å²) >= 11 is 0. The summed E-state index contributed by atoms with van der Waals surface area (Å²) in [7, 11) is 0. The predicted molar refractivity (Wildman–Crippen MR) is 103 cm³/mol. The van der Waals surface area contributed by atoms with E-state index >= 15 is 0 Å². The average Bonchev–Trinajstić information content (AvgIpc) is 3.15. The van der Waals surface area contributed by atoms with E-state index in [1.54, 1.807) is 4.57 Å². The molecule has 124 valence electrons. The largest absolute Gasteiger partial charge is 0.419 e. The summed E-state index contributed by atoms with van der Waals surface area (Å²) in [6.07, 6.45) is 0. The molecule has 0 bridgehead atoms. The molecular weight excluding hydrogens is 324 g/mol. The quantitative estimate of drug-likeness (QED) is 0.464. The first kappa shape index (κ1) is 14.7. The second-order valence-electron chi connectivity index (χ2n) is 6.06. The third-order valence-corrected chi connectivity index (χ3v) is 4.46. The fourth-order valence-electron chi connectivity index (χ4n) is 3.24. The maximum atomic E-state index is 13.2. The molecule has 0 saturated heterocycles. The van der Waals surface area contributed by atoms with Crippen molar-refractivity contribution < 1.29 is 4.42 Å². The minimum absolute atomic E-state index is 0.116. The summed E-state index contributed by atoms with van der Waals surface area (Å²) in [5.74, 6) is 0.501. The van der Waals surface area contributed by atoms with Crippen LogP contribution in [-0.2, 0) is 0 Å². The third kappa shape index (κ3) is 2.16. The van der Waals surface area contributed by atoms with Crippen molar-refractivity contribution in [3.8, 4) is 17.1 Å². The van der Waals surface area contributed by atoms with Gasteiger partial charge in [-0.05, 0) is 30.3 Å². The first-order valence-corrected chi connectivity index (χ1v) is 8.38. The third-order valence-electron chi connectivity index (χ3n) is 4.46. The number of pyridine rings is 1. The number of oxazole rings is 1. The summed E-state index contributed by atoms with van der Waals surface area (Å²) in [5, 5.41) is 1.42. The molecule has 4 nitrogen and oxygen atoms in total. The van der Waals surface area contributed by atoms with Crippen LogP contribution in [0, 0.1) is 0 Å². The Morgan fingerprint density at radius 2 is 1.35 bits per heavy atom. The Balaban J connectivity index is 1.95. The highest BCUT2D eigenvalue weighted by Crippen LogP contribution is 2.29. The summed E-state index contributed by atoms with van der Waals surface area (Å²) in [6, 6.07) is 26.7. The molecule has 0 atom stereocenters. The van der Waals surface area contributed by atoms with E-state index in [2.05, 4.69) is 0 Å². The molecule has 3 aromatic carbocycles. The fraction of sp³-hybridized carbons (Fsp3) is 0. The molecule has 26 heavy (non-hydrogen) atoms. The number of hydrogen-bond acceptors (Lipinski definition) is 3. The van der Waals surface area contributed by atoms with Crippen LogP contribution in [-0.4, -0.2) is 9.55 Å². The molecule has 0 aliphatic heterocycles. The summed E-state index contributed by atoms with van der Waals surface area (Å²) < 4.78 is 7.67. The Bertz CT molecular complexity index is 1290. The van der Waals surface area contributed by atoms with E-state index in [-0.39, 0.29) is 5.56 Å². The van der Waals surface area contributed by atoms with Gasteiger partial charge in [0, 0.05) is 16.3 Å². The average molecular weight is 338 g/mol. The van der Waals surface area contributed by atoms with Gasteiger partial charge >= 0.3 is 0 Å². The van der Waals surface area contributed by atoms with E-state index in [0.717, 1.165) is 16.6 Å². The van der Waals surface area contributed by atoms with Gasteiger partial charge in [0.15, 0.2) is 0 Å².